The van der Waals surface area contributed by atoms with Gasteiger partial charge in [-0.15, -0.1) is 0 Å². The van der Waals surface area contributed by atoms with Crippen LogP contribution in [-0.2, 0) is 14.8 Å². The molecule has 1 unspecified atom stereocenters. The Morgan fingerprint density at radius 1 is 1.11 bits per heavy atom. The molecule has 2 heterocycles. The second-order valence-electron chi connectivity index (χ2n) is 9.31. The summed E-state index contributed by atoms with van der Waals surface area (Å²) in [4.78, 5) is 13.0. The molecule has 0 saturated carbocycles. The number of hydrogen-bond acceptors (Lipinski definition) is 5. The zero-order valence-corrected chi connectivity index (χ0v) is 22.4. The minimum Gasteiger partial charge on any atom is -0.355 e. The third-order valence-corrected chi connectivity index (χ3v) is 8.74. The molecule has 9 heteroatoms. The predicted molar refractivity (Wildman–Crippen MR) is 142 cm³/mol. The van der Waals surface area contributed by atoms with Gasteiger partial charge in [-0.2, -0.15) is 4.31 Å². The van der Waals surface area contributed by atoms with Gasteiger partial charge in [-0.05, 0) is 81.5 Å². The largest absolute Gasteiger partial charge is 0.355 e. The molecule has 1 aromatic heterocycles. The summed E-state index contributed by atoms with van der Waals surface area (Å²) in [6, 6.07) is 11.3. The van der Waals surface area contributed by atoms with Crippen molar-refractivity contribution in [2.75, 3.05) is 18.4 Å². The van der Waals surface area contributed by atoms with Gasteiger partial charge in [0.25, 0.3) is 0 Å². The maximum absolute atomic E-state index is 13.7. The van der Waals surface area contributed by atoms with Gasteiger partial charge in [-0.3, -0.25) is 4.79 Å². The van der Waals surface area contributed by atoms with Gasteiger partial charge in [-0.1, -0.05) is 46.6 Å². The Morgan fingerprint density at radius 2 is 1.89 bits per heavy atom. The van der Waals surface area contributed by atoms with E-state index in [1.807, 2.05) is 45.0 Å². The van der Waals surface area contributed by atoms with E-state index in [0.29, 0.717) is 35.8 Å². The molecular weight excluding hydrogens is 498 g/mol. The molecule has 0 aliphatic carbocycles. The zero-order valence-electron chi connectivity index (χ0n) is 20.8. The first-order valence-electron chi connectivity index (χ1n) is 11.8. The average Bonchev–Trinajstić information content (AvgIpc) is 3.22. The molecule has 1 fully saturated rings. The summed E-state index contributed by atoms with van der Waals surface area (Å²) in [7, 11) is -3.93. The van der Waals surface area contributed by atoms with Gasteiger partial charge in [-0.25, -0.2) is 8.42 Å². The Kier molecular flexibility index (Phi) is 7.68. The van der Waals surface area contributed by atoms with Crippen molar-refractivity contribution in [1.29, 1.82) is 0 Å². The lowest BCUT2D eigenvalue weighted by atomic mass is 9.98. The highest BCUT2D eigenvalue weighted by molar-refractivity contribution is 7.89. The standard InChI is InChI=1S/C27H30ClN3O4S/c1-17-7-8-18(2)21(14-17)9-12-25-26(20(4)30-35-25)36(33,34)31-13-5-6-22(16-31)27(32)29-24-11-10-23(28)15-19(24)3/h7-12,14-15,22H,5-6,13,16H2,1-4H3,(H,29,32)/b12-9+. The lowest BCUT2D eigenvalue weighted by Crippen LogP contribution is -2.44. The maximum atomic E-state index is 13.7. The van der Waals surface area contributed by atoms with Gasteiger partial charge in [0.2, 0.25) is 15.9 Å². The van der Waals surface area contributed by atoms with E-state index in [1.165, 1.54) is 4.31 Å². The van der Waals surface area contributed by atoms with E-state index in [1.54, 1.807) is 31.2 Å². The van der Waals surface area contributed by atoms with Crippen LogP contribution in [0.3, 0.4) is 0 Å². The number of amides is 1. The first-order valence-corrected chi connectivity index (χ1v) is 13.7. The number of sulfonamides is 1. The van der Waals surface area contributed by atoms with Crippen molar-refractivity contribution in [3.05, 3.63) is 75.1 Å². The van der Waals surface area contributed by atoms with Gasteiger partial charge in [0.15, 0.2) is 10.7 Å². The van der Waals surface area contributed by atoms with Crippen LogP contribution in [0.25, 0.3) is 12.2 Å². The Hall–Kier alpha value is -2.94. The van der Waals surface area contributed by atoms with Crippen molar-refractivity contribution in [3.63, 3.8) is 0 Å². The van der Waals surface area contributed by atoms with Gasteiger partial charge in [0.1, 0.15) is 5.69 Å². The van der Waals surface area contributed by atoms with E-state index in [-0.39, 0.29) is 23.1 Å². The topological polar surface area (TPSA) is 92.5 Å². The molecule has 7 nitrogen and oxygen atoms in total. The monoisotopic (exact) mass is 527 g/mol. The predicted octanol–water partition coefficient (Wildman–Crippen LogP) is 5.77. The normalized spacial score (nSPS) is 17.0. The quantitative estimate of drug-likeness (QED) is 0.439. The summed E-state index contributed by atoms with van der Waals surface area (Å²) in [5, 5.41) is 7.45. The third-order valence-electron chi connectivity index (χ3n) is 6.48. The lowest BCUT2D eigenvalue weighted by molar-refractivity contribution is -0.120. The van der Waals surface area contributed by atoms with Crippen LogP contribution in [-0.4, -0.2) is 36.9 Å². The summed E-state index contributed by atoms with van der Waals surface area (Å²) in [5.41, 5.74) is 4.94. The zero-order chi connectivity index (χ0) is 26.0. The molecule has 1 atom stereocenters. The molecule has 4 rings (SSSR count). The van der Waals surface area contributed by atoms with E-state index in [0.717, 1.165) is 22.3 Å². The first-order chi connectivity index (χ1) is 17.1. The molecule has 0 bridgehead atoms. The summed E-state index contributed by atoms with van der Waals surface area (Å²) in [5.74, 6) is -0.508. The van der Waals surface area contributed by atoms with E-state index < -0.39 is 15.9 Å². The van der Waals surface area contributed by atoms with E-state index in [9.17, 15) is 13.2 Å². The van der Waals surface area contributed by atoms with Crippen molar-refractivity contribution in [3.8, 4) is 0 Å². The Bertz CT molecular complexity index is 1430. The Morgan fingerprint density at radius 3 is 2.64 bits per heavy atom. The fourth-order valence-electron chi connectivity index (χ4n) is 4.41. The minimum atomic E-state index is -3.93. The van der Waals surface area contributed by atoms with Crippen molar-refractivity contribution in [2.45, 2.75) is 45.4 Å². The first kappa shape index (κ1) is 26.1. The van der Waals surface area contributed by atoms with Crippen LogP contribution in [0, 0.1) is 33.6 Å². The highest BCUT2D eigenvalue weighted by Crippen LogP contribution is 2.30. The molecular formula is C27H30ClN3O4S. The molecule has 1 saturated heterocycles. The van der Waals surface area contributed by atoms with Crippen LogP contribution in [0.2, 0.25) is 5.02 Å². The van der Waals surface area contributed by atoms with Crippen LogP contribution in [0.15, 0.2) is 45.8 Å². The number of hydrogen-bond donors (Lipinski definition) is 1. The molecule has 190 valence electrons. The Labute approximate surface area is 217 Å². The van der Waals surface area contributed by atoms with Crippen LogP contribution in [0.4, 0.5) is 5.69 Å². The number of carbonyl (C=O) groups is 1. The number of rotatable bonds is 6. The number of carbonyl (C=O) groups excluding carboxylic acids is 1. The third kappa shape index (κ3) is 5.56. The summed E-state index contributed by atoms with van der Waals surface area (Å²) in [6.45, 7) is 7.89. The smallest absolute Gasteiger partial charge is 0.248 e. The summed E-state index contributed by atoms with van der Waals surface area (Å²) >= 11 is 6.01. The number of piperidine rings is 1. The van der Waals surface area contributed by atoms with Gasteiger partial charge in [0, 0.05) is 23.8 Å². The molecule has 1 aliphatic heterocycles. The van der Waals surface area contributed by atoms with Crippen molar-refractivity contribution in [1.82, 2.24) is 9.46 Å². The summed E-state index contributed by atoms with van der Waals surface area (Å²) < 4.78 is 34.1. The number of nitrogens with one attached hydrogen (secondary N) is 1. The highest BCUT2D eigenvalue weighted by Gasteiger charge is 2.37. The highest BCUT2D eigenvalue weighted by atomic mass is 35.5. The Balaban J connectivity index is 1.55. The second kappa shape index (κ2) is 10.6. The minimum absolute atomic E-state index is 0.0404. The van der Waals surface area contributed by atoms with Crippen molar-refractivity contribution >= 4 is 45.4 Å². The number of nitrogens with zero attached hydrogens (tertiary/aromatic N) is 2. The van der Waals surface area contributed by atoms with E-state index in [2.05, 4.69) is 10.5 Å². The average molecular weight is 528 g/mol. The van der Waals surface area contributed by atoms with Gasteiger partial charge in [0.05, 0.1) is 5.92 Å². The number of benzene rings is 2. The SMILES string of the molecule is Cc1ccc(C)c(/C=C/c2onc(C)c2S(=O)(=O)N2CCCC(C(=O)Nc3ccc(Cl)cc3C)C2)c1. The molecule has 1 N–H and O–H groups in total. The van der Waals surface area contributed by atoms with Crippen LogP contribution in [0.1, 0.15) is 46.5 Å². The maximum Gasteiger partial charge on any atom is 0.248 e. The van der Waals surface area contributed by atoms with Crippen LogP contribution >= 0.6 is 11.6 Å². The van der Waals surface area contributed by atoms with E-state index >= 15 is 0 Å². The van der Waals surface area contributed by atoms with Crippen LogP contribution < -0.4 is 5.32 Å². The van der Waals surface area contributed by atoms with Crippen molar-refractivity contribution < 1.29 is 17.7 Å². The van der Waals surface area contributed by atoms with E-state index in [4.69, 9.17) is 16.1 Å². The molecule has 1 aliphatic rings. The van der Waals surface area contributed by atoms with Gasteiger partial charge >= 0.3 is 0 Å². The molecule has 36 heavy (non-hydrogen) atoms. The number of halogens is 1. The van der Waals surface area contributed by atoms with Gasteiger partial charge < -0.3 is 9.84 Å². The fourth-order valence-corrected chi connectivity index (χ4v) is 6.41. The fraction of sp³-hybridized carbons (Fsp3) is 0.333. The molecule has 0 radical (unpaired) electrons. The number of aryl methyl sites for hydroxylation is 4. The number of aromatic nitrogens is 1. The van der Waals surface area contributed by atoms with Crippen LogP contribution in [0.5, 0.6) is 0 Å². The lowest BCUT2D eigenvalue weighted by Gasteiger charge is -2.31. The molecule has 1 amide bonds. The number of anilines is 1. The summed E-state index contributed by atoms with van der Waals surface area (Å²) in [6.07, 6.45) is 4.66. The molecule has 3 aromatic rings. The molecule has 2 aromatic carbocycles. The second-order valence-corrected chi connectivity index (χ2v) is 11.6. The molecule has 0 spiro atoms. The van der Waals surface area contributed by atoms with Crippen molar-refractivity contribution in [2.24, 2.45) is 5.92 Å².